The van der Waals surface area contributed by atoms with E-state index in [1.165, 1.54) is 18.4 Å². The topological polar surface area (TPSA) is 40.5 Å². The number of carbonyl (C=O) groups is 1. The number of phenols is 1. The van der Waals surface area contributed by atoms with Gasteiger partial charge in [-0.05, 0) is 38.7 Å². The summed E-state index contributed by atoms with van der Waals surface area (Å²) in [6.07, 6.45) is 7.29. The Kier molecular flexibility index (Phi) is 4.83. The zero-order valence-electron chi connectivity index (χ0n) is 12.3. The maximum atomic E-state index is 12.3. The molecule has 0 bridgehead atoms. The predicted molar refractivity (Wildman–Crippen MR) is 80.5 cm³/mol. The molecule has 0 fully saturated rings. The van der Waals surface area contributed by atoms with E-state index in [2.05, 4.69) is 6.08 Å². The van der Waals surface area contributed by atoms with Gasteiger partial charge in [0, 0.05) is 19.0 Å². The number of hydrogen-bond acceptors (Lipinski definition) is 2. The number of nitrogens with zero attached hydrogens (tertiary/aromatic N) is 1. The van der Waals surface area contributed by atoms with Crippen LogP contribution in [-0.4, -0.2) is 23.0 Å². The van der Waals surface area contributed by atoms with E-state index in [4.69, 9.17) is 0 Å². The quantitative estimate of drug-likeness (QED) is 0.848. The molecule has 0 saturated heterocycles. The van der Waals surface area contributed by atoms with Crippen LogP contribution in [0, 0.1) is 0 Å². The number of phenolic OH excluding ortho intramolecular Hbond substituents is 1. The Bertz CT molecular complexity index is 507. The van der Waals surface area contributed by atoms with Crippen molar-refractivity contribution in [1.82, 2.24) is 4.90 Å². The lowest BCUT2D eigenvalue weighted by Crippen LogP contribution is -2.30. The molecular weight excluding hydrogens is 250 g/mol. The van der Waals surface area contributed by atoms with Crippen molar-refractivity contribution < 1.29 is 9.90 Å². The van der Waals surface area contributed by atoms with E-state index in [1.807, 2.05) is 26.1 Å². The minimum absolute atomic E-state index is 0.118. The average Bonchev–Trinajstić information content (AvgIpc) is 2.47. The zero-order chi connectivity index (χ0) is 14.5. The van der Waals surface area contributed by atoms with Crippen molar-refractivity contribution in [2.75, 3.05) is 7.05 Å². The normalized spacial score (nSPS) is 16.4. The molecule has 1 aromatic rings. The van der Waals surface area contributed by atoms with Crippen LogP contribution in [-0.2, 0) is 4.79 Å². The molecule has 1 aromatic carbocycles. The van der Waals surface area contributed by atoms with Gasteiger partial charge in [0.2, 0.25) is 5.91 Å². The zero-order valence-corrected chi connectivity index (χ0v) is 12.3. The summed E-state index contributed by atoms with van der Waals surface area (Å²) in [6.45, 7) is 1.95. The van der Waals surface area contributed by atoms with Gasteiger partial charge in [0.15, 0.2) is 0 Å². The summed E-state index contributed by atoms with van der Waals surface area (Å²) in [6, 6.07) is 7.08. The summed E-state index contributed by atoms with van der Waals surface area (Å²) in [5.74, 6) is 0.366. The highest BCUT2D eigenvalue weighted by Gasteiger charge is 2.20. The number of amides is 1. The lowest BCUT2D eigenvalue weighted by Gasteiger charge is -2.27. The summed E-state index contributed by atoms with van der Waals surface area (Å²) in [5.41, 5.74) is 2.05. The van der Waals surface area contributed by atoms with Crippen molar-refractivity contribution in [3.8, 4) is 5.75 Å². The third-order valence-electron chi connectivity index (χ3n) is 4.12. The first kappa shape index (κ1) is 14.6. The molecule has 1 aliphatic rings. The molecule has 1 amide bonds. The van der Waals surface area contributed by atoms with Gasteiger partial charge in [-0.25, -0.2) is 0 Å². The van der Waals surface area contributed by atoms with Gasteiger partial charge in [-0.2, -0.15) is 0 Å². The predicted octanol–water partition coefficient (Wildman–Crippen LogP) is 3.80. The average molecular weight is 273 g/mol. The summed E-state index contributed by atoms with van der Waals surface area (Å²) in [7, 11) is 1.81. The second-order valence-electron chi connectivity index (χ2n) is 5.52. The first-order valence-electron chi connectivity index (χ1n) is 7.31. The SMILES string of the molecule is CC(c1ccccc1O)N(C)C(=O)CC1=CCCCC1. The van der Waals surface area contributed by atoms with Gasteiger partial charge in [0.25, 0.3) is 0 Å². The van der Waals surface area contributed by atoms with Gasteiger partial charge >= 0.3 is 0 Å². The molecule has 20 heavy (non-hydrogen) atoms. The van der Waals surface area contributed by atoms with E-state index < -0.39 is 0 Å². The summed E-state index contributed by atoms with van der Waals surface area (Å²) in [5, 5.41) is 9.88. The van der Waals surface area contributed by atoms with E-state index >= 15 is 0 Å². The summed E-state index contributed by atoms with van der Waals surface area (Å²) >= 11 is 0. The number of rotatable bonds is 4. The molecule has 1 N–H and O–H groups in total. The van der Waals surface area contributed by atoms with Crippen LogP contribution >= 0.6 is 0 Å². The van der Waals surface area contributed by atoms with E-state index in [1.54, 1.807) is 17.0 Å². The van der Waals surface area contributed by atoms with Gasteiger partial charge in [-0.1, -0.05) is 29.8 Å². The molecule has 1 aliphatic carbocycles. The second-order valence-corrected chi connectivity index (χ2v) is 5.52. The van der Waals surface area contributed by atoms with Gasteiger partial charge in [0.1, 0.15) is 5.75 Å². The molecule has 1 atom stereocenters. The molecule has 3 nitrogen and oxygen atoms in total. The van der Waals surface area contributed by atoms with Crippen molar-refractivity contribution in [3.05, 3.63) is 41.5 Å². The fourth-order valence-electron chi connectivity index (χ4n) is 2.65. The first-order chi connectivity index (χ1) is 9.59. The minimum Gasteiger partial charge on any atom is -0.508 e. The first-order valence-corrected chi connectivity index (χ1v) is 7.31. The van der Waals surface area contributed by atoms with Crippen LogP contribution in [0.1, 0.15) is 50.6 Å². The largest absolute Gasteiger partial charge is 0.508 e. The van der Waals surface area contributed by atoms with Crippen LogP contribution in [0.25, 0.3) is 0 Å². The van der Waals surface area contributed by atoms with Gasteiger partial charge in [0.05, 0.1) is 6.04 Å². The van der Waals surface area contributed by atoms with Crippen molar-refractivity contribution in [3.63, 3.8) is 0 Å². The smallest absolute Gasteiger partial charge is 0.226 e. The molecule has 3 heteroatoms. The molecule has 0 heterocycles. The Balaban J connectivity index is 2.03. The highest BCUT2D eigenvalue weighted by Crippen LogP contribution is 2.28. The van der Waals surface area contributed by atoms with Crippen LogP contribution in [0.3, 0.4) is 0 Å². The van der Waals surface area contributed by atoms with Crippen molar-refractivity contribution in [2.24, 2.45) is 0 Å². The molecule has 0 aliphatic heterocycles. The number of allylic oxidation sites excluding steroid dienone is 1. The fraction of sp³-hybridized carbons (Fsp3) is 0.471. The fourth-order valence-corrected chi connectivity index (χ4v) is 2.65. The minimum atomic E-state index is -0.118. The van der Waals surface area contributed by atoms with Gasteiger partial charge in [-0.15, -0.1) is 0 Å². The number of aromatic hydroxyl groups is 1. The Labute approximate surface area is 120 Å². The van der Waals surface area contributed by atoms with Gasteiger partial charge in [-0.3, -0.25) is 4.79 Å². The Morgan fingerprint density at radius 1 is 1.35 bits per heavy atom. The lowest BCUT2D eigenvalue weighted by atomic mass is 9.96. The maximum absolute atomic E-state index is 12.3. The Morgan fingerprint density at radius 2 is 2.10 bits per heavy atom. The van der Waals surface area contributed by atoms with E-state index in [-0.39, 0.29) is 17.7 Å². The molecule has 108 valence electrons. The van der Waals surface area contributed by atoms with Crippen LogP contribution < -0.4 is 0 Å². The van der Waals surface area contributed by atoms with Crippen molar-refractivity contribution >= 4 is 5.91 Å². The molecule has 0 saturated carbocycles. The molecule has 0 spiro atoms. The van der Waals surface area contributed by atoms with E-state index in [0.717, 1.165) is 18.4 Å². The molecular formula is C17H23NO2. The number of benzene rings is 1. The third-order valence-corrected chi connectivity index (χ3v) is 4.12. The van der Waals surface area contributed by atoms with Crippen molar-refractivity contribution in [1.29, 1.82) is 0 Å². The highest BCUT2D eigenvalue weighted by molar-refractivity contribution is 5.79. The van der Waals surface area contributed by atoms with E-state index in [0.29, 0.717) is 6.42 Å². The molecule has 0 aromatic heterocycles. The van der Waals surface area contributed by atoms with Gasteiger partial charge < -0.3 is 10.0 Å². The second kappa shape index (κ2) is 6.60. The van der Waals surface area contributed by atoms with Crippen molar-refractivity contribution in [2.45, 2.75) is 45.1 Å². The summed E-state index contributed by atoms with van der Waals surface area (Å²) in [4.78, 5) is 14.1. The van der Waals surface area contributed by atoms with Crippen LogP contribution in [0.4, 0.5) is 0 Å². The number of para-hydroxylation sites is 1. The van der Waals surface area contributed by atoms with Crippen LogP contribution in [0.5, 0.6) is 5.75 Å². The molecule has 0 radical (unpaired) electrons. The Morgan fingerprint density at radius 3 is 2.75 bits per heavy atom. The van der Waals surface area contributed by atoms with Crippen LogP contribution in [0.15, 0.2) is 35.9 Å². The van der Waals surface area contributed by atoms with Crippen LogP contribution in [0.2, 0.25) is 0 Å². The number of hydrogen-bond donors (Lipinski definition) is 1. The third kappa shape index (κ3) is 3.41. The van der Waals surface area contributed by atoms with E-state index in [9.17, 15) is 9.90 Å². The lowest BCUT2D eigenvalue weighted by molar-refractivity contribution is -0.131. The molecule has 1 unspecified atom stereocenters. The molecule has 2 rings (SSSR count). The summed E-state index contributed by atoms with van der Waals surface area (Å²) < 4.78 is 0. The number of carbonyl (C=O) groups excluding carboxylic acids is 1. The highest BCUT2D eigenvalue weighted by atomic mass is 16.3. The Hall–Kier alpha value is -1.77. The monoisotopic (exact) mass is 273 g/mol. The maximum Gasteiger partial charge on any atom is 0.226 e. The standard InChI is InChI=1S/C17H23NO2/c1-13(15-10-6-7-11-16(15)19)18(2)17(20)12-14-8-4-3-5-9-14/h6-8,10-11,13,19H,3-5,9,12H2,1-2H3.